The molecule has 1 aromatic carbocycles. The maximum Gasteiger partial charge on any atom is 0.348 e. The first-order valence-corrected chi connectivity index (χ1v) is 10.7. The molecule has 0 spiro atoms. The molecular weight excluding hydrogens is 452 g/mol. The number of nitrogen functional groups attached to an aromatic ring is 1. The molecule has 1 aliphatic heterocycles. The van der Waals surface area contributed by atoms with Crippen molar-refractivity contribution in [2.24, 2.45) is 5.92 Å². The molecular formula is C22H22N2O8S. The summed E-state index contributed by atoms with van der Waals surface area (Å²) in [6.07, 6.45) is 0. The zero-order valence-electron chi connectivity index (χ0n) is 18.4. The third-order valence-electron chi connectivity index (χ3n) is 5.13. The second-order valence-electron chi connectivity index (χ2n) is 7.45. The van der Waals surface area contributed by atoms with Gasteiger partial charge in [-0.15, -0.1) is 11.3 Å². The van der Waals surface area contributed by atoms with Crippen LogP contribution in [0.25, 0.3) is 0 Å². The van der Waals surface area contributed by atoms with Crippen LogP contribution in [0.2, 0.25) is 0 Å². The van der Waals surface area contributed by atoms with E-state index < -0.39 is 48.3 Å². The zero-order valence-corrected chi connectivity index (χ0v) is 19.2. The van der Waals surface area contributed by atoms with E-state index in [2.05, 4.69) is 0 Å². The maximum absolute atomic E-state index is 13.1. The molecule has 174 valence electrons. The summed E-state index contributed by atoms with van der Waals surface area (Å²) < 4.78 is 14.8. The number of methoxy groups -OCH3 is 2. The van der Waals surface area contributed by atoms with Gasteiger partial charge in [0.2, 0.25) is 0 Å². The van der Waals surface area contributed by atoms with Crippen molar-refractivity contribution >= 4 is 46.1 Å². The van der Waals surface area contributed by atoms with Gasteiger partial charge in [-0.1, -0.05) is 26.0 Å². The van der Waals surface area contributed by atoms with Gasteiger partial charge >= 0.3 is 17.9 Å². The average Bonchev–Trinajstić information content (AvgIpc) is 3.26. The third kappa shape index (κ3) is 4.19. The maximum atomic E-state index is 13.1. The highest BCUT2D eigenvalue weighted by molar-refractivity contribution is 7.18. The molecule has 2 heterocycles. The van der Waals surface area contributed by atoms with Crippen molar-refractivity contribution in [3.05, 3.63) is 51.4 Å². The molecule has 3 rings (SSSR count). The van der Waals surface area contributed by atoms with Crippen LogP contribution in [0, 0.1) is 5.92 Å². The van der Waals surface area contributed by atoms with E-state index >= 15 is 0 Å². The molecule has 1 atom stereocenters. The van der Waals surface area contributed by atoms with E-state index in [0.717, 1.165) is 30.5 Å². The Balaban J connectivity index is 1.91. The third-order valence-corrected chi connectivity index (χ3v) is 6.17. The Morgan fingerprint density at radius 2 is 1.55 bits per heavy atom. The highest BCUT2D eigenvalue weighted by atomic mass is 32.1. The average molecular weight is 474 g/mol. The van der Waals surface area contributed by atoms with Crippen molar-refractivity contribution in [3.8, 4) is 0 Å². The van der Waals surface area contributed by atoms with E-state index in [0.29, 0.717) is 0 Å². The molecule has 1 aliphatic rings. The summed E-state index contributed by atoms with van der Waals surface area (Å²) in [7, 11) is 2.30. The summed E-state index contributed by atoms with van der Waals surface area (Å²) in [5.41, 5.74) is 6.19. The van der Waals surface area contributed by atoms with Crippen molar-refractivity contribution < 1.29 is 38.2 Å². The Kier molecular flexibility index (Phi) is 6.82. The van der Waals surface area contributed by atoms with Crippen LogP contribution in [-0.2, 0) is 25.6 Å². The Labute approximate surface area is 193 Å². The monoisotopic (exact) mass is 474 g/mol. The van der Waals surface area contributed by atoms with Gasteiger partial charge in [0.05, 0.1) is 25.3 Å². The number of fused-ring (bicyclic) bond motifs is 1. The van der Waals surface area contributed by atoms with Gasteiger partial charge in [0, 0.05) is 5.56 Å². The van der Waals surface area contributed by atoms with Crippen LogP contribution in [0.15, 0.2) is 24.3 Å². The molecule has 0 bridgehead atoms. The van der Waals surface area contributed by atoms with E-state index in [1.54, 1.807) is 26.0 Å². The number of rotatable bonds is 7. The molecule has 1 aromatic heterocycles. The molecule has 11 heteroatoms. The highest BCUT2D eigenvalue weighted by Gasteiger charge is 2.44. The summed E-state index contributed by atoms with van der Waals surface area (Å²) in [5, 5.41) is -0.00550. The fraction of sp³-hybridized carbons (Fsp3) is 0.318. The lowest BCUT2D eigenvalue weighted by Gasteiger charge is -2.27. The number of benzene rings is 1. The lowest BCUT2D eigenvalue weighted by atomic mass is 10.0. The van der Waals surface area contributed by atoms with Gasteiger partial charge in [-0.05, 0) is 18.1 Å². The number of esters is 3. The SMILES string of the molecule is COC(=O)c1sc(N)c(C(=O)OC)c1COC(=O)[C@H](C(C)C)N1C(=O)c2ccccc2C1=O. The predicted molar refractivity (Wildman–Crippen MR) is 117 cm³/mol. The molecule has 10 nitrogen and oxygen atoms in total. The molecule has 0 aliphatic carbocycles. The minimum absolute atomic E-state index is 0.00550. The second-order valence-corrected chi connectivity index (χ2v) is 8.51. The van der Waals surface area contributed by atoms with Crippen molar-refractivity contribution in [2.45, 2.75) is 26.5 Å². The molecule has 0 saturated heterocycles. The zero-order chi connectivity index (χ0) is 24.4. The molecule has 0 fully saturated rings. The summed E-state index contributed by atoms with van der Waals surface area (Å²) in [5.74, 6) is -4.14. The van der Waals surface area contributed by atoms with E-state index in [1.165, 1.54) is 12.1 Å². The first-order chi connectivity index (χ1) is 15.6. The highest BCUT2D eigenvalue weighted by Crippen LogP contribution is 2.34. The van der Waals surface area contributed by atoms with Crippen LogP contribution in [0.3, 0.4) is 0 Å². The molecule has 0 saturated carbocycles. The quantitative estimate of drug-likeness (QED) is 0.363. The van der Waals surface area contributed by atoms with E-state index in [4.69, 9.17) is 19.9 Å². The van der Waals surface area contributed by atoms with Crippen LogP contribution in [0.4, 0.5) is 5.00 Å². The van der Waals surface area contributed by atoms with Gasteiger partial charge < -0.3 is 19.9 Å². The normalized spacial score (nSPS) is 13.7. The van der Waals surface area contributed by atoms with E-state index in [1.807, 2.05) is 0 Å². The van der Waals surface area contributed by atoms with Crippen LogP contribution in [0.5, 0.6) is 0 Å². The fourth-order valence-electron chi connectivity index (χ4n) is 3.57. The number of hydrogen-bond donors (Lipinski definition) is 1. The van der Waals surface area contributed by atoms with Gasteiger partial charge in [-0.3, -0.25) is 14.5 Å². The van der Waals surface area contributed by atoms with Gasteiger partial charge in [0.25, 0.3) is 11.8 Å². The van der Waals surface area contributed by atoms with Crippen LogP contribution >= 0.6 is 11.3 Å². The lowest BCUT2D eigenvalue weighted by Crippen LogP contribution is -2.48. The molecule has 2 aromatic rings. The minimum atomic E-state index is -1.23. The fourth-order valence-corrected chi connectivity index (χ4v) is 4.55. The molecule has 2 N–H and O–H groups in total. The standard InChI is InChI=1S/C22H22N2O8S/c1-10(2)15(24-18(25)11-7-5-6-8-12(11)19(24)26)21(28)32-9-13-14(20(27)30-3)17(23)33-16(13)22(29)31-4/h5-8,10,15H,9,23H2,1-4H3/t15-/m0/s1. The number of hydrogen-bond acceptors (Lipinski definition) is 10. The summed E-state index contributed by atoms with van der Waals surface area (Å²) in [6, 6.07) is 5.05. The van der Waals surface area contributed by atoms with Gasteiger partial charge in [0.1, 0.15) is 28.1 Å². The number of thiophene rings is 1. The van der Waals surface area contributed by atoms with Crippen LogP contribution in [0.1, 0.15) is 60.2 Å². The topological polar surface area (TPSA) is 142 Å². The number of anilines is 1. The van der Waals surface area contributed by atoms with Crippen molar-refractivity contribution in [1.82, 2.24) is 4.90 Å². The molecule has 0 unspecified atom stereocenters. The van der Waals surface area contributed by atoms with E-state index in [9.17, 15) is 24.0 Å². The Hall–Kier alpha value is -3.73. The van der Waals surface area contributed by atoms with Crippen molar-refractivity contribution in [2.75, 3.05) is 20.0 Å². The van der Waals surface area contributed by atoms with Gasteiger partial charge in [0.15, 0.2) is 0 Å². The van der Waals surface area contributed by atoms with Crippen LogP contribution in [-0.4, -0.2) is 54.9 Å². The number of imide groups is 1. The molecule has 2 amide bonds. The molecule has 33 heavy (non-hydrogen) atoms. The van der Waals surface area contributed by atoms with Crippen molar-refractivity contribution in [3.63, 3.8) is 0 Å². The Morgan fingerprint density at radius 3 is 2.03 bits per heavy atom. The first kappa shape index (κ1) is 23.9. The lowest BCUT2D eigenvalue weighted by molar-refractivity contribution is -0.151. The van der Waals surface area contributed by atoms with Crippen molar-refractivity contribution in [1.29, 1.82) is 0 Å². The second kappa shape index (κ2) is 9.41. The first-order valence-electron chi connectivity index (χ1n) is 9.85. The predicted octanol–water partition coefficient (Wildman–Crippen LogP) is 2.27. The number of amides is 2. The Morgan fingerprint density at radius 1 is 1.00 bits per heavy atom. The Bertz CT molecular complexity index is 1120. The number of carbonyl (C=O) groups excluding carboxylic acids is 5. The van der Waals surface area contributed by atoms with Gasteiger partial charge in [-0.25, -0.2) is 14.4 Å². The number of carbonyl (C=O) groups is 5. The summed E-state index contributed by atoms with van der Waals surface area (Å²) >= 11 is 0.794. The smallest absolute Gasteiger partial charge is 0.348 e. The summed E-state index contributed by atoms with van der Waals surface area (Å²) in [6.45, 7) is 2.81. The van der Waals surface area contributed by atoms with E-state index in [-0.39, 0.29) is 32.1 Å². The largest absolute Gasteiger partial charge is 0.465 e. The summed E-state index contributed by atoms with van der Waals surface area (Å²) in [4.78, 5) is 64.0. The number of ether oxygens (including phenoxy) is 3. The minimum Gasteiger partial charge on any atom is -0.465 e. The number of nitrogens with zero attached hydrogens (tertiary/aromatic N) is 1. The van der Waals surface area contributed by atoms with Crippen LogP contribution < -0.4 is 5.73 Å². The number of nitrogens with two attached hydrogens (primary N) is 1. The van der Waals surface area contributed by atoms with Gasteiger partial charge in [-0.2, -0.15) is 0 Å². The molecule has 0 radical (unpaired) electrons.